The van der Waals surface area contributed by atoms with Crippen LogP contribution in [-0.4, -0.2) is 23.8 Å². The molecule has 60 valence electrons. The fourth-order valence-corrected chi connectivity index (χ4v) is 0.241. The van der Waals surface area contributed by atoms with Gasteiger partial charge in [0.25, 0.3) is 6.54 Å². The van der Waals surface area contributed by atoms with E-state index in [0.29, 0.717) is 0 Å². The zero-order valence-electron chi connectivity index (χ0n) is 4.56. The Balaban J connectivity index is 3.99. The molecular formula is C3H3F4NO2. The first kappa shape index (κ1) is 9.12. The molecule has 0 atom stereocenters. The number of nitrogens with zero attached hydrogens (tertiary/aromatic N) is 1. The minimum Gasteiger partial charge on any atom is -0.264 e. The Labute approximate surface area is 52.8 Å². The first-order valence-electron chi connectivity index (χ1n) is 2.14. The van der Waals surface area contributed by atoms with Gasteiger partial charge >= 0.3 is 12.3 Å². The average Bonchev–Trinajstić information content (AvgIpc) is 1.60. The molecule has 0 unspecified atom stereocenters. The first-order valence-corrected chi connectivity index (χ1v) is 2.14. The molecule has 0 aromatic carbocycles. The van der Waals surface area contributed by atoms with Crippen molar-refractivity contribution < 1.29 is 22.5 Å². The van der Waals surface area contributed by atoms with E-state index in [1.807, 2.05) is 0 Å². The molecule has 0 saturated carbocycles. The van der Waals surface area contributed by atoms with Crippen molar-refractivity contribution in [3.8, 4) is 0 Å². The summed E-state index contributed by atoms with van der Waals surface area (Å²) in [6.07, 6.45) is -3.97. The molecule has 7 heteroatoms. The smallest absolute Gasteiger partial charge is 0.264 e. The van der Waals surface area contributed by atoms with E-state index in [1.165, 1.54) is 0 Å². The van der Waals surface area contributed by atoms with E-state index < -0.39 is 23.8 Å². The monoisotopic (exact) mass is 161 g/mol. The summed E-state index contributed by atoms with van der Waals surface area (Å²) >= 11 is 0. The highest BCUT2D eigenvalue weighted by Crippen LogP contribution is 2.22. The van der Waals surface area contributed by atoms with Crippen LogP contribution in [-0.2, 0) is 0 Å². The second kappa shape index (κ2) is 2.80. The van der Waals surface area contributed by atoms with Gasteiger partial charge in [0.2, 0.25) is 0 Å². The standard InChI is InChI=1S/C3H3F4NO2/c4-2(5)3(6,7)1-8(9)10/h2H,1H2. The van der Waals surface area contributed by atoms with Crippen molar-refractivity contribution >= 4 is 0 Å². The highest BCUT2D eigenvalue weighted by atomic mass is 19.3. The molecule has 0 aromatic heterocycles. The molecular weight excluding hydrogens is 158 g/mol. The van der Waals surface area contributed by atoms with Crippen LogP contribution >= 0.6 is 0 Å². The number of hydrogen-bond acceptors (Lipinski definition) is 2. The fourth-order valence-electron chi connectivity index (χ4n) is 0.241. The minimum absolute atomic E-state index is 1.48. The van der Waals surface area contributed by atoms with Crippen LogP contribution in [0.3, 0.4) is 0 Å². The lowest BCUT2D eigenvalue weighted by molar-refractivity contribution is -0.510. The highest BCUT2D eigenvalue weighted by Gasteiger charge is 2.46. The van der Waals surface area contributed by atoms with Crippen molar-refractivity contribution in [3.05, 3.63) is 10.1 Å². The van der Waals surface area contributed by atoms with E-state index in [4.69, 9.17) is 0 Å². The van der Waals surface area contributed by atoms with E-state index in [-0.39, 0.29) is 0 Å². The summed E-state index contributed by atoms with van der Waals surface area (Å²) in [4.78, 5) is 7.83. The summed E-state index contributed by atoms with van der Waals surface area (Å²) in [6, 6.07) is 0. The minimum atomic E-state index is -4.51. The molecule has 10 heavy (non-hydrogen) atoms. The van der Waals surface area contributed by atoms with E-state index in [9.17, 15) is 27.7 Å². The van der Waals surface area contributed by atoms with Crippen LogP contribution < -0.4 is 0 Å². The summed E-state index contributed by atoms with van der Waals surface area (Å²) in [5.74, 6) is -4.51. The van der Waals surface area contributed by atoms with Crippen LogP contribution in [0.15, 0.2) is 0 Å². The van der Waals surface area contributed by atoms with Gasteiger partial charge in [-0.3, -0.25) is 10.1 Å². The largest absolute Gasteiger partial charge is 0.369 e. The van der Waals surface area contributed by atoms with Gasteiger partial charge in [-0.05, 0) is 0 Å². The molecule has 0 radical (unpaired) electrons. The predicted molar refractivity (Wildman–Crippen MR) is 22.8 cm³/mol. The third-order valence-electron chi connectivity index (χ3n) is 0.659. The van der Waals surface area contributed by atoms with Gasteiger partial charge in [-0.2, -0.15) is 8.78 Å². The lowest BCUT2D eigenvalue weighted by Crippen LogP contribution is -2.34. The topological polar surface area (TPSA) is 43.1 Å². The van der Waals surface area contributed by atoms with Gasteiger partial charge in [-0.15, -0.1) is 0 Å². The van der Waals surface area contributed by atoms with Crippen molar-refractivity contribution in [2.45, 2.75) is 12.3 Å². The molecule has 0 amide bonds. The van der Waals surface area contributed by atoms with Gasteiger partial charge < -0.3 is 0 Å². The van der Waals surface area contributed by atoms with Crippen LogP contribution in [0.4, 0.5) is 17.6 Å². The lowest BCUT2D eigenvalue weighted by atomic mass is 10.4. The molecule has 0 aromatic rings. The Bertz CT molecular complexity index is 136. The third kappa shape index (κ3) is 2.60. The lowest BCUT2D eigenvalue weighted by Gasteiger charge is -2.08. The molecule has 0 aliphatic rings. The number of hydrogen-bond donors (Lipinski definition) is 0. The average molecular weight is 161 g/mol. The van der Waals surface area contributed by atoms with Crippen molar-refractivity contribution in [3.63, 3.8) is 0 Å². The zero-order chi connectivity index (χ0) is 8.36. The molecule has 0 fully saturated rings. The van der Waals surface area contributed by atoms with Gasteiger partial charge in [-0.25, -0.2) is 8.78 Å². The number of halogens is 4. The van der Waals surface area contributed by atoms with Crippen molar-refractivity contribution in [2.75, 3.05) is 6.54 Å². The van der Waals surface area contributed by atoms with E-state index in [0.717, 1.165) is 0 Å². The summed E-state index contributed by atoms with van der Waals surface area (Å²) in [6.45, 7) is -2.02. The molecule has 0 bridgehead atoms. The van der Waals surface area contributed by atoms with Crippen LogP contribution in [0.5, 0.6) is 0 Å². The van der Waals surface area contributed by atoms with Gasteiger partial charge in [0.05, 0.1) is 0 Å². The van der Waals surface area contributed by atoms with Crippen molar-refractivity contribution in [1.82, 2.24) is 0 Å². The molecule has 0 N–H and O–H groups in total. The van der Waals surface area contributed by atoms with Gasteiger partial charge in [0.1, 0.15) is 0 Å². The van der Waals surface area contributed by atoms with Gasteiger partial charge in [0, 0.05) is 4.92 Å². The van der Waals surface area contributed by atoms with Gasteiger partial charge in [-0.1, -0.05) is 0 Å². The number of nitro groups is 1. The third-order valence-corrected chi connectivity index (χ3v) is 0.659. The second-order valence-corrected chi connectivity index (χ2v) is 1.55. The number of alkyl halides is 4. The maximum Gasteiger partial charge on any atom is 0.369 e. The van der Waals surface area contributed by atoms with Crippen LogP contribution in [0.2, 0.25) is 0 Å². The molecule has 0 aliphatic carbocycles. The summed E-state index contributed by atoms with van der Waals surface area (Å²) < 4.78 is 45.4. The molecule has 0 spiro atoms. The Morgan fingerprint density at radius 2 is 1.90 bits per heavy atom. The molecule has 0 rings (SSSR count). The van der Waals surface area contributed by atoms with Crippen LogP contribution in [0, 0.1) is 10.1 Å². The Morgan fingerprint density at radius 3 is 2.00 bits per heavy atom. The number of rotatable bonds is 3. The maximum atomic E-state index is 11.6. The molecule has 0 aliphatic heterocycles. The second-order valence-electron chi connectivity index (χ2n) is 1.55. The maximum absolute atomic E-state index is 11.6. The molecule has 0 heterocycles. The first-order chi connectivity index (χ1) is 4.36. The molecule has 3 nitrogen and oxygen atoms in total. The predicted octanol–water partition coefficient (Wildman–Crippen LogP) is 1.16. The Morgan fingerprint density at radius 1 is 1.50 bits per heavy atom. The summed E-state index contributed by atoms with van der Waals surface area (Å²) in [5.41, 5.74) is 0. The van der Waals surface area contributed by atoms with Crippen molar-refractivity contribution in [2.24, 2.45) is 0 Å². The highest BCUT2D eigenvalue weighted by molar-refractivity contribution is 4.66. The quantitative estimate of drug-likeness (QED) is 0.354. The van der Waals surface area contributed by atoms with E-state index in [1.54, 1.807) is 0 Å². The van der Waals surface area contributed by atoms with E-state index >= 15 is 0 Å². The van der Waals surface area contributed by atoms with Crippen molar-refractivity contribution in [1.29, 1.82) is 0 Å². The van der Waals surface area contributed by atoms with E-state index in [2.05, 4.69) is 0 Å². The molecule has 0 saturated heterocycles. The zero-order valence-corrected chi connectivity index (χ0v) is 4.56. The SMILES string of the molecule is O=[N+]([O-])CC(F)(F)C(F)F. The summed E-state index contributed by atoms with van der Waals surface area (Å²) in [7, 11) is 0. The van der Waals surface area contributed by atoms with Crippen LogP contribution in [0.25, 0.3) is 0 Å². The summed E-state index contributed by atoms with van der Waals surface area (Å²) in [5, 5.41) is 9.31. The Hall–Kier alpha value is -0.880. The Kier molecular flexibility index (Phi) is 2.56. The fraction of sp³-hybridized carbons (Fsp3) is 1.00. The van der Waals surface area contributed by atoms with Crippen LogP contribution in [0.1, 0.15) is 0 Å². The normalized spacial score (nSPS) is 12.1. The van der Waals surface area contributed by atoms with Gasteiger partial charge in [0.15, 0.2) is 0 Å².